The van der Waals surface area contributed by atoms with E-state index in [0.29, 0.717) is 6.42 Å². The molecule has 6 atom stereocenters. The minimum Gasteiger partial charge on any atom is -0.430 e. The van der Waals surface area contributed by atoms with E-state index in [1.165, 1.54) is 6.08 Å². The molecule has 1 heterocycles. The molecule has 0 aromatic heterocycles. The molecule has 8 heteroatoms. The lowest BCUT2D eigenvalue weighted by Crippen LogP contribution is -2.59. The van der Waals surface area contributed by atoms with Crippen molar-refractivity contribution in [3.05, 3.63) is 11.6 Å². The summed E-state index contributed by atoms with van der Waals surface area (Å²) in [6.45, 7) is 2.95. The molecule has 1 saturated heterocycles. The first-order chi connectivity index (χ1) is 11.8. The molecular weight excluding hydrogens is 332 g/mol. The van der Waals surface area contributed by atoms with Crippen LogP contribution < -0.4 is 0 Å². The summed E-state index contributed by atoms with van der Waals surface area (Å²) in [4.78, 5) is 11.9. The Morgan fingerprint density at radius 3 is 2.44 bits per heavy atom. The second-order valence-electron chi connectivity index (χ2n) is 6.57. The van der Waals surface area contributed by atoms with Crippen LogP contribution in [-0.4, -0.2) is 74.9 Å². The van der Waals surface area contributed by atoms with Crippen molar-refractivity contribution in [2.75, 3.05) is 6.61 Å². The molecule has 5 N–H and O–H groups in total. The number of carbonyl (C=O) groups excluding carboxylic acids is 1. The van der Waals surface area contributed by atoms with E-state index in [0.717, 1.165) is 31.3 Å². The first-order valence-electron chi connectivity index (χ1n) is 8.62. The van der Waals surface area contributed by atoms with Crippen LogP contribution in [0.1, 0.15) is 46.0 Å². The fourth-order valence-electron chi connectivity index (χ4n) is 2.61. The first-order valence-corrected chi connectivity index (χ1v) is 8.62. The maximum Gasteiger partial charge on any atom is 0.333 e. The second-order valence-corrected chi connectivity index (χ2v) is 6.57. The van der Waals surface area contributed by atoms with E-state index in [4.69, 9.17) is 14.6 Å². The van der Waals surface area contributed by atoms with Gasteiger partial charge in [0.1, 0.15) is 24.4 Å². The monoisotopic (exact) mass is 362 g/mol. The quantitative estimate of drug-likeness (QED) is 0.212. The summed E-state index contributed by atoms with van der Waals surface area (Å²) in [6, 6.07) is 0. The fraction of sp³-hybridized carbons (Fsp3) is 0.824. The highest BCUT2D eigenvalue weighted by molar-refractivity contribution is 5.82. The van der Waals surface area contributed by atoms with Gasteiger partial charge >= 0.3 is 5.97 Å². The highest BCUT2D eigenvalue weighted by Crippen LogP contribution is 2.22. The van der Waals surface area contributed by atoms with Gasteiger partial charge in [-0.1, -0.05) is 18.4 Å². The van der Waals surface area contributed by atoms with E-state index in [1.54, 1.807) is 13.8 Å². The van der Waals surface area contributed by atoms with Gasteiger partial charge in [-0.3, -0.25) is 0 Å². The van der Waals surface area contributed by atoms with E-state index >= 15 is 0 Å². The third-order valence-corrected chi connectivity index (χ3v) is 4.14. The van der Waals surface area contributed by atoms with Gasteiger partial charge in [-0.15, -0.1) is 0 Å². The summed E-state index contributed by atoms with van der Waals surface area (Å²) in [5.41, 5.74) is 0.798. The molecular formula is C17H30O8. The van der Waals surface area contributed by atoms with Gasteiger partial charge in [0.15, 0.2) is 0 Å². The third-order valence-electron chi connectivity index (χ3n) is 4.14. The molecule has 8 nitrogen and oxygen atoms in total. The van der Waals surface area contributed by atoms with Gasteiger partial charge in [-0.25, -0.2) is 4.79 Å². The van der Waals surface area contributed by atoms with Crippen LogP contribution in [0.3, 0.4) is 0 Å². The van der Waals surface area contributed by atoms with Gasteiger partial charge in [0.25, 0.3) is 0 Å². The zero-order valence-corrected chi connectivity index (χ0v) is 14.7. The average molecular weight is 362 g/mol. The van der Waals surface area contributed by atoms with Gasteiger partial charge in [0.2, 0.25) is 6.29 Å². The van der Waals surface area contributed by atoms with Crippen LogP contribution in [0.25, 0.3) is 0 Å². The summed E-state index contributed by atoms with van der Waals surface area (Å²) in [7, 11) is 0. The molecule has 25 heavy (non-hydrogen) atoms. The number of carbonyl (C=O) groups is 1. The van der Waals surface area contributed by atoms with Crippen molar-refractivity contribution in [1.82, 2.24) is 0 Å². The van der Waals surface area contributed by atoms with Crippen molar-refractivity contribution < 1.29 is 39.8 Å². The van der Waals surface area contributed by atoms with Crippen LogP contribution >= 0.6 is 0 Å². The minimum atomic E-state index is -1.60. The van der Waals surface area contributed by atoms with E-state index in [-0.39, 0.29) is 6.10 Å². The molecule has 0 bridgehead atoms. The molecule has 1 rings (SSSR count). The van der Waals surface area contributed by atoms with Crippen molar-refractivity contribution in [2.45, 2.75) is 82.8 Å². The Bertz CT molecular complexity index is 434. The second kappa shape index (κ2) is 10.8. The molecule has 1 aliphatic rings. The largest absolute Gasteiger partial charge is 0.430 e. The SMILES string of the molecule is CC(=CC(=O)OC1OC(CO)C(O)C(O)C1O)CCCCCC(C)O. The summed E-state index contributed by atoms with van der Waals surface area (Å²) in [6.07, 6.45) is -2.08. The lowest BCUT2D eigenvalue weighted by atomic mass is 9.99. The van der Waals surface area contributed by atoms with Gasteiger partial charge < -0.3 is 35.0 Å². The summed E-state index contributed by atoms with van der Waals surface area (Å²) in [5, 5.41) is 47.4. The van der Waals surface area contributed by atoms with E-state index in [9.17, 15) is 25.2 Å². The molecule has 0 amide bonds. The number of allylic oxidation sites excluding steroid dienone is 1. The van der Waals surface area contributed by atoms with Crippen LogP contribution in [0.4, 0.5) is 0 Å². The molecule has 1 aliphatic heterocycles. The Kier molecular flexibility index (Phi) is 9.55. The Morgan fingerprint density at radius 1 is 1.16 bits per heavy atom. The fourth-order valence-corrected chi connectivity index (χ4v) is 2.61. The lowest BCUT2D eigenvalue weighted by Gasteiger charge is -2.38. The molecule has 1 fully saturated rings. The van der Waals surface area contributed by atoms with Gasteiger partial charge in [-0.05, 0) is 33.1 Å². The van der Waals surface area contributed by atoms with Crippen molar-refractivity contribution >= 4 is 5.97 Å². The van der Waals surface area contributed by atoms with E-state index < -0.39 is 43.3 Å². The standard InChI is InChI=1S/C17H30O8/c1-10(6-4-3-5-7-11(2)19)8-13(20)25-17-16(23)15(22)14(21)12(9-18)24-17/h8,11-12,14-19,21-23H,3-7,9H2,1-2H3. The average Bonchev–Trinajstić information content (AvgIpc) is 2.54. The zero-order chi connectivity index (χ0) is 19.0. The zero-order valence-electron chi connectivity index (χ0n) is 14.7. The maximum absolute atomic E-state index is 11.9. The number of esters is 1. The topological polar surface area (TPSA) is 137 Å². The molecule has 146 valence electrons. The number of aliphatic hydroxyl groups is 5. The van der Waals surface area contributed by atoms with Crippen LogP contribution in [-0.2, 0) is 14.3 Å². The Labute approximate surface area is 147 Å². The summed E-state index contributed by atoms with van der Waals surface area (Å²) < 4.78 is 10.1. The van der Waals surface area contributed by atoms with Crippen molar-refractivity contribution in [3.63, 3.8) is 0 Å². The van der Waals surface area contributed by atoms with Gasteiger partial charge in [-0.2, -0.15) is 0 Å². The Morgan fingerprint density at radius 2 is 1.84 bits per heavy atom. The third kappa shape index (κ3) is 7.39. The van der Waals surface area contributed by atoms with Gasteiger partial charge in [0.05, 0.1) is 12.7 Å². The number of unbranched alkanes of at least 4 members (excludes halogenated alkanes) is 2. The number of aliphatic hydroxyl groups excluding tert-OH is 5. The number of rotatable bonds is 9. The van der Waals surface area contributed by atoms with Crippen LogP contribution in [0.5, 0.6) is 0 Å². The van der Waals surface area contributed by atoms with E-state index in [2.05, 4.69) is 0 Å². The molecule has 0 aromatic carbocycles. The highest BCUT2D eigenvalue weighted by atomic mass is 16.7. The smallest absolute Gasteiger partial charge is 0.333 e. The number of hydrogen-bond acceptors (Lipinski definition) is 8. The minimum absolute atomic E-state index is 0.301. The number of hydrogen-bond donors (Lipinski definition) is 5. The Balaban J connectivity index is 2.43. The highest BCUT2D eigenvalue weighted by Gasteiger charge is 2.45. The molecule has 0 radical (unpaired) electrons. The van der Waals surface area contributed by atoms with Gasteiger partial charge in [0, 0.05) is 6.08 Å². The van der Waals surface area contributed by atoms with Crippen molar-refractivity contribution in [3.8, 4) is 0 Å². The van der Waals surface area contributed by atoms with E-state index in [1.807, 2.05) is 0 Å². The molecule has 0 aliphatic carbocycles. The molecule has 6 unspecified atom stereocenters. The van der Waals surface area contributed by atoms with Crippen LogP contribution in [0.2, 0.25) is 0 Å². The van der Waals surface area contributed by atoms with Crippen molar-refractivity contribution in [1.29, 1.82) is 0 Å². The first kappa shape index (κ1) is 22.0. The van der Waals surface area contributed by atoms with Crippen LogP contribution in [0, 0.1) is 0 Å². The van der Waals surface area contributed by atoms with Crippen LogP contribution in [0.15, 0.2) is 11.6 Å². The molecule has 0 aromatic rings. The molecule has 0 saturated carbocycles. The summed E-state index contributed by atoms with van der Waals surface area (Å²) in [5.74, 6) is -0.731. The Hall–Kier alpha value is -1.03. The summed E-state index contributed by atoms with van der Waals surface area (Å²) >= 11 is 0. The lowest BCUT2D eigenvalue weighted by molar-refractivity contribution is -0.291. The molecule has 0 spiro atoms. The predicted octanol–water partition coefficient (Wildman–Crippen LogP) is -0.393. The maximum atomic E-state index is 11.9. The normalized spacial score (nSPS) is 31.6. The predicted molar refractivity (Wildman–Crippen MR) is 88.4 cm³/mol. The van der Waals surface area contributed by atoms with Crippen molar-refractivity contribution in [2.24, 2.45) is 0 Å². The number of ether oxygens (including phenoxy) is 2.